The van der Waals surface area contributed by atoms with E-state index in [1.54, 1.807) is 0 Å². The van der Waals surface area contributed by atoms with E-state index in [1.165, 1.54) is 12.1 Å². The van der Waals surface area contributed by atoms with Crippen LogP contribution in [-0.4, -0.2) is 17.6 Å². The highest BCUT2D eigenvalue weighted by atomic mass is 35.5. The number of anilines is 1. The zero-order valence-corrected chi connectivity index (χ0v) is 15.3. The smallest absolute Gasteiger partial charge is 0.224 e. The Morgan fingerprint density at radius 3 is 2.74 bits per heavy atom. The first-order valence-electron chi connectivity index (χ1n) is 7.80. The number of amides is 1. The van der Waals surface area contributed by atoms with Gasteiger partial charge in [0.2, 0.25) is 5.91 Å². The van der Waals surface area contributed by atoms with E-state index in [9.17, 15) is 9.18 Å². The van der Waals surface area contributed by atoms with E-state index >= 15 is 0 Å². The van der Waals surface area contributed by atoms with E-state index in [2.05, 4.69) is 5.32 Å². The van der Waals surface area contributed by atoms with Crippen LogP contribution in [0.4, 0.5) is 10.1 Å². The number of carbonyl (C=O) groups is 1. The molecular formula is C17H23ClFNO2S. The normalized spacial score (nSPS) is 11.9. The zero-order valence-electron chi connectivity index (χ0n) is 13.7. The molecule has 0 saturated carbocycles. The number of rotatable bonds is 8. The van der Waals surface area contributed by atoms with Crippen molar-refractivity contribution in [3.05, 3.63) is 28.5 Å². The summed E-state index contributed by atoms with van der Waals surface area (Å²) in [5, 5.41) is 3.27. The molecule has 1 N–H and O–H groups in total. The number of carbonyl (C=O) groups excluding carboxylic acids is 1. The van der Waals surface area contributed by atoms with Gasteiger partial charge in [0.15, 0.2) is 5.05 Å². The molecule has 0 spiro atoms. The van der Waals surface area contributed by atoms with Crippen LogP contribution in [0.2, 0.25) is 5.02 Å². The molecule has 1 rings (SSSR count). The maximum absolute atomic E-state index is 14.0. The molecule has 0 aliphatic carbocycles. The number of thiocarbonyl (C=S) groups is 1. The minimum absolute atomic E-state index is 0.121. The van der Waals surface area contributed by atoms with Crippen LogP contribution in [0.1, 0.15) is 45.6 Å². The van der Waals surface area contributed by atoms with Gasteiger partial charge in [-0.15, -0.1) is 0 Å². The topological polar surface area (TPSA) is 38.3 Å². The molecule has 3 nitrogen and oxygen atoms in total. The van der Waals surface area contributed by atoms with Crippen molar-refractivity contribution in [2.24, 2.45) is 5.92 Å². The zero-order chi connectivity index (χ0) is 17.4. The van der Waals surface area contributed by atoms with Crippen molar-refractivity contribution in [3.63, 3.8) is 0 Å². The maximum Gasteiger partial charge on any atom is 0.224 e. The minimum atomic E-state index is -0.559. The van der Waals surface area contributed by atoms with Crippen molar-refractivity contribution in [2.75, 3.05) is 11.9 Å². The highest BCUT2D eigenvalue weighted by molar-refractivity contribution is 7.80. The third-order valence-corrected chi connectivity index (χ3v) is 4.06. The molecule has 1 atom stereocenters. The number of ether oxygens (including phenoxy) is 1. The van der Waals surface area contributed by atoms with Gasteiger partial charge in [0.25, 0.3) is 0 Å². The van der Waals surface area contributed by atoms with Crippen molar-refractivity contribution in [1.29, 1.82) is 0 Å². The van der Waals surface area contributed by atoms with Crippen molar-refractivity contribution in [2.45, 2.75) is 46.5 Å². The fourth-order valence-electron chi connectivity index (χ4n) is 1.91. The van der Waals surface area contributed by atoms with Crippen LogP contribution in [0.3, 0.4) is 0 Å². The molecule has 0 bridgehead atoms. The molecule has 1 unspecified atom stereocenters. The van der Waals surface area contributed by atoms with Gasteiger partial charge in [-0.3, -0.25) is 4.79 Å². The summed E-state index contributed by atoms with van der Waals surface area (Å²) in [5.74, 6) is -0.521. The lowest BCUT2D eigenvalue weighted by atomic mass is 10.0. The molecule has 1 amide bonds. The van der Waals surface area contributed by atoms with E-state index < -0.39 is 5.82 Å². The first-order chi connectivity index (χ1) is 10.9. The van der Waals surface area contributed by atoms with Gasteiger partial charge in [-0.1, -0.05) is 38.8 Å². The Bertz CT molecular complexity index is 566. The predicted molar refractivity (Wildman–Crippen MR) is 96.7 cm³/mol. The van der Waals surface area contributed by atoms with Gasteiger partial charge >= 0.3 is 0 Å². The fourth-order valence-corrected chi connectivity index (χ4v) is 2.37. The number of nitrogens with one attached hydrogen (secondary N) is 1. The standard InChI is InChI=1S/C17H23ClFNO2S/c1-4-6-22-17(23)9-12-8-15(14(19)10-13(12)18)20-16(21)7-11(3)5-2/h8,10-11H,4-7,9H2,1-3H3,(H,20,21). The Kier molecular flexibility index (Phi) is 8.48. The van der Waals surface area contributed by atoms with Gasteiger partial charge < -0.3 is 10.1 Å². The molecule has 6 heteroatoms. The van der Waals surface area contributed by atoms with E-state index in [-0.39, 0.29) is 22.5 Å². The Labute approximate surface area is 147 Å². The number of halogens is 2. The summed E-state index contributed by atoms with van der Waals surface area (Å²) in [6.07, 6.45) is 2.41. The highest BCUT2D eigenvalue weighted by Gasteiger charge is 2.14. The van der Waals surface area contributed by atoms with Gasteiger partial charge in [0, 0.05) is 17.9 Å². The van der Waals surface area contributed by atoms with Crippen LogP contribution in [0, 0.1) is 11.7 Å². The van der Waals surface area contributed by atoms with E-state index in [4.69, 9.17) is 28.6 Å². The molecule has 0 aliphatic heterocycles. The Hall–Kier alpha value is -1.20. The van der Waals surface area contributed by atoms with E-state index in [0.717, 1.165) is 12.8 Å². The van der Waals surface area contributed by atoms with Crippen molar-refractivity contribution in [3.8, 4) is 0 Å². The summed E-state index contributed by atoms with van der Waals surface area (Å²) in [6.45, 7) is 6.51. The predicted octanol–water partition coefficient (Wildman–Crippen LogP) is 5.15. The van der Waals surface area contributed by atoms with Crippen LogP contribution in [-0.2, 0) is 16.0 Å². The van der Waals surface area contributed by atoms with Crippen LogP contribution >= 0.6 is 23.8 Å². The number of benzene rings is 1. The number of hydrogen-bond donors (Lipinski definition) is 1. The summed E-state index contributed by atoms with van der Waals surface area (Å²) in [5.41, 5.74) is 0.754. The van der Waals surface area contributed by atoms with Crippen LogP contribution in [0.15, 0.2) is 12.1 Å². The lowest BCUT2D eigenvalue weighted by Crippen LogP contribution is -2.16. The van der Waals surface area contributed by atoms with Crippen molar-refractivity contribution < 1.29 is 13.9 Å². The summed E-state index contributed by atoms with van der Waals surface area (Å²) >= 11 is 11.2. The van der Waals surface area contributed by atoms with Gasteiger partial charge in [-0.2, -0.15) is 0 Å². The molecule has 1 aromatic carbocycles. The SMILES string of the molecule is CCCOC(=S)Cc1cc(NC(=O)CC(C)CC)c(F)cc1Cl. The second-order valence-corrected chi connectivity index (χ2v) is 6.45. The first kappa shape index (κ1) is 19.8. The first-order valence-corrected chi connectivity index (χ1v) is 8.59. The van der Waals surface area contributed by atoms with Gasteiger partial charge in [-0.25, -0.2) is 4.39 Å². The number of hydrogen-bond acceptors (Lipinski definition) is 3. The molecule has 0 heterocycles. The fraction of sp³-hybridized carbons (Fsp3) is 0.529. The van der Waals surface area contributed by atoms with Crippen LogP contribution in [0.25, 0.3) is 0 Å². The van der Waals surface area contributed by atoms with Crippen LogP contribution in [0.5, 0.6) is 0 Å². The van der Waals surface area contributed by atoms with Gasteiger partial charge in [0.05, 0.1) is 12.3 Å². The average Bonchev–Trinajstić information content (AvgIpc) is 2.49. The molecule has 0 fully saturated rings. The van der Waals surface area contributed by atoms with Gasteiger partial charge in [-0.05, 0) is 42.3 Å². The Morgan fingerprint density at radius 1 is 1.43 bits per heavy atom. The summed E-state index contributed by atoms with van der Waals surface area (Å²) < 4.78 is 19.3. The monoisotopic (exact) mass is 359 g/mol. The van der Waals surface area contributed by atoms with Crippen molar-refractivity contribution in [1.82, 2.24) is 0 Å². The second-order valence-electron chi connectivity index (χ2n) is 5.59. The van der Waals surface area contributed by atoms with Gasteiger partial charge in [0.1, 0.15) is 5.82 Å². The Balaban J connectivity index is 2.82. The largest absolute Gasteiger partial charge is 0.487 e. The summed E-state index contributed by atoms with van der Waals surface area (Å²) in [6, 6.07) is 2.71. The van der Waals surface area contributed by atoms with Crippen molar-refractivity contribution >= 4 is 40.5 Å². The van der Waals surface area contributed by atoms with Crippen LogP contribution < -0.4 is 5.32 Å². The third kappa shape index (κ3) is 6.83. The highest BCUT2D eigenvalue weighted by Crippen LogP contribution is 2.25. The maximum atomic E-state index is 14.0. The summed E-state index contributed by atoms with van der Waals surface area (Å²) in [7, 11) is 0. The summed E-state index contributed by atoms with van der Waals surface area (Å²) in [4.78, 5) is 11.9. The molecule has 0 saturated heterocycles. The minimum Gasteiger partial charge on any atom is -0.487 e. The molecule has 23 heavy (non-hydrogen) atoms. The van der Waals surface area contributed by atoms with E-state index in [1.807, 2.05) is 20.8 Å². The lowest BCUT2D eigenvalue weighted by molar-refractivity contribution is -0.117. The average molecular weight is 360 g/mol. The second kappa shape index (κ2) is 9.83. The molecule has 1 aromatic rings. The Morgan fingerprint density at radius 2 is 2.13 bits per heavy atom. The quantitative estimate of drug-likeness (QED) is 0.652. The molecule has 0 aliphatic rings. The molecule has 128 valence electrons. The molecular weight excluding hydrogens is 337 g/mol. The lowest BCUT2D eigenvalue weighted by Gasteiger charge is -2.13. The third-order valence-electron chi connectivity index (χ3n) is 3.44. The molecule has 0 radical (unpaired) electrons. The molecule has 0 aromatic heterocycles. The van der Waals surface area contributed by atoms with E-state index in [0.29, 0.717) is 30.1 Å².